The second kappa shape index (κ2) is 14.3. The zero-order valence-corrected chi connectivity index (χ0v) is 29.5. The quantitative estimate of drug-likeness (QED) is 0.154. The minimum absolute atomic E-state index is 0. The van der Waals surface area contributed by atoms with E-state index < -0.39 is 0 Å². The Morgan fingerprint density at radius 3 is 0.849 bits per heavy atom. The molecule has 9 rings (SSSR count). The number of hydrogen-bond donors (Lipinski definition) is 0. The van der Waals surface area contributed by atoms with Gasteiger partial charge in [0, 0.05) is 0 Å². The summed E-state index contributed by atoms with van der Waals surface area (Å²) in [5.41, 5.74) is 17.3. The van der Waals surface area contributed by atoms with Crippen molar-refractivity contribution >= 4 is 21.5 Å². The van der Waals surface area contributed by atoms with E-state index >= 15 is 0 Å². The van der Waals surface area contributed by atoms with Crippen LogP contribution in [0.2, 0.25) is 0 Å². The molecular formula is C53H42. The second-order valence-electron chi connectivity index (χ2n) is 13.9. The Labute approximate surface area is 313 Å². The van der Waals surface area contributed by atoms with E-state index in [1.54, 1.807) is 0 Å². The summed E-state index contributed by atoms with van der Waals surface area (Å²) in [6, 6.07) is 71.2. The summed E-state index contributed by atoms with van der Waals surface area (Å²) in [6.07, 6.45) is 0. The standard InChI is InChI=1S/C52H38.CH4/c1-35-27-43(41-21-13-19-39(31-41)37-15-5-3-6-16-37)33-45(29-35)51-47-23-9-11-25-49(47)52(50-26-12-10-24-48(50)51)46-30-36(2)28-44(34-46)42-22-14-20-40(32-42)38-17-7-4-8-18-38;/h3-34H,1-2H3;1H4. The Bertz CT molecular complexity index is 2490. The predicted octanol–water partition coefficient (Wildman–Crippen LogP) is 15.2. The first kappa shape index (κ1) is 33.6. The van der Waals surface area contributed by atoms with Gasteiger partial charge in [-0.2, -0.15) is 0 Å². The molecule has 9 aromatic carbocycles. The summed E-state index contributed by atoms with van der Waals surface area (Å²) in [7, 11) is 0. The molecule has 0 radical (unpaired) electrons. The summed E-state index contributed by atoms with van der Waals surface area (Å²) in [4.78, 5) is 0. The maximum absolute atomic E-state index is 2.38. The van der Waals surface area contributed by atoms with E-state index in [2.05, 4.69) is 208 Å². The molecule has 0 aliphatic heterocycles. The average Bonchev–Trinajstić information content (AvgIpc) is 3.20. The Hall–Kier alpha value is -6.50. The Morgan fingerprint density at radius 2 is 0.491 bits per heavy atom. The van der Waals surface area contributed by atoms with Gasteiger partial charge in [-0.05, 0) is 138 Å². The maximum Gasteiger partial charge on any atom is -0.00261 e. The van der Waals surface area contributed by atoms with Gasteiger partial charge in [0.2, 0.25) is 0 Å². The molecule has 53 heavy (non-hydrogen) atoms. The SMILES string of the molecule is C.Cc1cc(-c2cccc(-c3ccccc3)c2)cc(-c2c3ccccc3c(-c3cc(C)cc(-c4cccc(-c5ccccc5)c4)c3)c3ccccc23)c1. The number of benzene rings is 9. The van der Waals surface area contributed by atoms with Crippen LogP contribution < -0.4 is 0 Å². The third kappa shape index (κ3) is 6.45. The number of aryl methyl sites for hydroxylation is 2. The Balaban J connectivity index is 0.00000400. The first-order valence-electron chi connectivity index (χ1n) is 18.1. The third-order valence-electron chi connectivity index (χ3n) is 10.3. The van der Waals surface area contributed by atoms with E-state index in [0.29, 0.717) is 0 Å². The fourth-order valence-corrected chi connectivity index (χ4v) is 7.96. The molecule has 0 N–H and O–H groups in total. The first-order valence-corrected chi connectivity index (χ1v) is 18.1. The summed E-state index contributed by atoms with van der Waals surface area (Å²) < 4.78 is 0. The van der Waals surface area contributed by atoms with Crippen molar-refractivity contribution in [2.75, 3.05) is 0 Å². The van der Waals surface area contributed by atoms with Crippen molar-refractivity contribution in [2.24, 2.45) is 0 Å². The van der Waals surface area contributed by atoms with E-state index in [4.69, 9.17) is 0 Å². The third-order valence-corrected chi connectivity index (χ3v) is 10.3. The molecule has 0 saturated heterocycles. The van der Waals surface area contributed by atoms with E-state index in [-0.39, 0.29) is 7.43 Å². The lowest BCUT2D eigenvalue weighted by molar-refractivity contribution is 1.46. The lowest BCUT2D eigenvalue weighted by atomic mass is 9.84. The number of rotatable bonds is 6. The lowest BCUT2D eigenvalue weighted by Gasteiger charge is -2.19. The van der Waals surface area contributed by atoms with Crippen LogP contribution in [0.3, 0.4) is 0 Å². The van der Waals surface area contributed by atoms with Crippen molar-refractivity contribution < 1.29 is 0 Å². The van der Waals surface area contributed by atoms with Crippen molar-refractivity contribution in [3.8, 4) is 66.8 Å². The molecule has 0 nitrogen and oxygen atoms in total. The zero-order chi connectivity index (χ0) is 35.0. The summed E-state index contributed by atoms with van der Waals surface area (Å²) in [5.74, 6) is 0. The molecule has 0 saturated carbocycles. The highest BCUT2D eigenvalue weighted by molar-refractivity contribution is 6.21. The minimum Gasteiger partial charge on any atom is -0.0776 e. The normalized spacial score (nSPS) is 11.1. The monoisotopic (exact) mass is 678 g/mol. The number of hydrogen-bond acceptors (Lipinski definition) is 0. The van der Waals surface area contributed by atoms with Gasteiger partial charge in [0.25, 0.3) is 0 Å². The van der Waals surface area contributed by atoms with Crippen LogP contribution in [0, 0.1) is 13.8 Å². The topological polar surface area (TPSA) is 0 Å². The molecule has 9 aromatic rings. The van der Waals surface area contributed by atoms with Gasteiger partial charge >= 0.3 is 0 Å². The molecule has 0 amide bonds. The van der Waals surface area contributed by atoms with Crippen molar-refractivity contribution in [1.82, 2.24) is 0 Å². The van der Waals surface area contributed by atoms with Crippen LogP contribution in [-0.4, -0.2) is 0 Å². The highest BCUT2D eigenvalue weighted by Crippen LogP contribution is 2.45. The molecule has 0 aliphatic carbocycles. The smallest absolute Gasteiger partial charge is 0.00261 e. The number of fused-ring (bicyclic) bond motifs is 2. The molecule has 0 atom stereocenters. The van der Waals surface area contributed by atoms with Crippen molar-refractivity contribution in [3.05, 3.63) is 205 Å². The van der Waals surface area contributed by atoms with Gasteiger partial charge < -0.3 is 0 Å². The maximum atomic E-state index is 2.38. The molecule has 0 heterocycles. The van der Waals surface area contributed by atoms with Gasteiger partial charge in [-0.1, -0.05) is 177 Å². The largest absolute Gasteiger partial charge is 0.0776 e. The Morgan fingerprint density at radius 1 is 0.226 bits per heavy atom. The Kier molecular flexibility index (Phi) is 9.05. The molecule has 254 valence electrons. The van der Waals surface area contributed by atoms with Gasteiger partial charge in [0.1, 0.15) is 0 Å². The van der Waals surface area contributed by atoms with Crippen LogP contribution >= 0.6 is 0 Å². The highest BCUT2D eigenvalue weighted by Gasteiger charge is 2.18. The minimum atomic E-state index is 0. The van der Waals surface area contributed by atoms with Crippen LogP contribution in [0.5, 0.6) is 0 Å². The summed E-state index contributed by atoms with van der Waals surface area (Å²) in [6.45, 7) is 4.43. The molecule has 0 heteroatoms. The van der Waals surface area contributed by atoms with E-state index in [1.807, 2.05) is 0 Å². The fraction of sp³-hybridized carbons (Fsp3) is 0.0566. The zero-order valence-electron chi connectivity index (χ0n) is 29.5. The first-order chi connectivity index (χ1) is 25.6. The molecule has 0 aliphatic rings. The average molecular weight is 679 g/mol. The summed E-state index contributed by atoms with van der Waals surface area (Å²) >= 11 is 0. The highest BCUT2D eigenvalue weighted by atomic mass is 14.2. The van der Waals surface area contributed by atoms with Crippen LogP contribution in [0.25, 0.3) is 88.3 Å². The van der Waals surface area contributed by atoms with Crippen molar-refractivity contribution in [1.29, 1.82) is 0 Å². The van der Waals surface area contributed by atoms with Crippen molar-refractivity contribution in [3.63, 3.8) is 0 Å². The van der Waals surface area contributed by atoms with Gasteiger partial charge in [0.05, 0.1) is 0 Å². The van der Waals surface area contributed by atoms with E-state index in [1.165, 1.54) is 99.4 Å². The van der Waals surface area contributed by atoms with Gasteiger partial charge in [-0.25, -0.2) is 0 Å². The molecule has 0 fully saturated rings. The van der Waals surface area contributed by atoms with Crippen LogP contribution in [0.15, 0.2) is 194 Å². The van der Waals surface area contributed by atoms with Gasteiger partial charge in [-0.15, -0.1) is 0 Å². The predicted molar refractivity (Wildman–Crippen MR) is 230 cm³/mol. The lowest BCUT2D eigenvalue weighted by Crippen LogP contribution is -1.93. The van der Waals surface area contributed by atoms with Gasteiger partial charge in [-0.3, -0.25) is 0 Å². The fourth-order valence-electron chi connectivity index (χ4n) is 7.96. The summed E-state index contributed by atoms with van der Waals surface area (Å²) in [5, 5.41) is 5.06. The second-order valence-corrected chi connectivity index (χ2v) is 13.9. The molecular weight excluding hydrogens is 637 g/mol. The van der Waals surface area contributed by atoms with Crippen molar-refractivity contribution in [2.45, 2.75) is 21.3 Å². The van der Waals surface area contributed by atoms with Crippen LogP contribution in [0.4, 0.5) is 0 Å². The van der Waals surface area contributed by atoms with E-state index in [0.717, 1.165) is 0 Å². The van der Waals surface area contributed by atoms with Crippen LogP contribution in [-0.2, 0) is 0 Å². The molecule has 0 aromatic heterocycles. The van der Waals surface area contributed by atoms with Gasteiger partial charge in [0.15, 0.2) is 0 Å². The van der Waals surface area contributed by atoms with E-state index in [9.17, 15) is 0 Å². The van der Waals surface area contributed by atoms with Crippen LogP contribution in [0.1, 0.15) is 18.6 Å². The molecule has 0 bridgehead atoms. The molecule has 0 unspecified atom stereocenters. The molecule has 0 spiro atoms.